The van der Waals surface area contributed by atoms with Crippen LogP contribution in [0.4, 0.5) is 13.2 Å². The zero-order valence-corrected chi connectivity index (χ0v) is 10.8. The SMILES string of the molecule is O=C(Cc1ccc(OC(F)(F)F)cc1)C1C2CCCC21. The minimum absolute atomic E-state index is 0.204. The van der Waals surface area contributed by atoms with E-state index in [4.69, 9.17) is 0 Å². The van der Waals surface area contributed by atoms with Crippen molar-refractivity contribution in [1.29, 1.82) is 0 Å². The Labute approximate surface area is 114 Å². The van der Waals surface area contributed by atoms with Crippen molar-refractivity contribution in [3.8, 4) is 5.75 Å². The van der Waals surface area contributed by atoms with Gasteiger partial charge < -0.3 is 4.74 Å². The fourth-order valence-corrected chi connectivity index (χ4v) is 3.43. The lowest BCUT2D eigenvalue weighted by Gasteiger charge is -2.09. The zero-order chi connectivity index (χ0) is 14.3. The third-order valence-electron chi connectivity index (χ3n) is 4.31. The van der Waals surface area contributed by atoms with E-state index in [1.807, 2.05) is 0 Å². The van der Waals surface area contributed by atoms with Crippen LogP contribution in [0.25, 0.3) is 0 Å². The molecule has 2 nitrogen and oxygen atoms in total. The van der Waals surface area contributed by atoms with Crippen LogP contribution in [0, 0.1) is 17.8 Å². The maximum atomic E-state index is 12.1. The van der Waals surface area contributed by atoms with E-state index in [2.05, 4.69) is 4.74 Å². The monoisotopic (exact) mass is 284 g/mol. The van der Waals surface area contributed by atoms with Crippen LogP contribution in [-0.4, -0.2) is 12.1 Å². The van der Waals surface area contributed by atoms with E-state index < -0.39 is 6.36 Å². The second kappa shape index (κ2) is 4.79. The summed E-state index contributed by atoms with van der Waals surface area (Å²) in [4.78, 5) is 12.1. The molecule has 0 spiro atoms. The first-order valence-electron chi connectivity index (χ1n) is 6.81. The van der Waals surface area contributed by atoms with Gasteiger partial charge in [0.05, 0.1) is 0 Å². The second-order valence-corrected chi connectivity index (χ2v) is 5.62. The summed E-state index contributed by atoms with van der Waals surface area (Å²) in [5.41, 5.74) is 0.745. The van der Waals surface area contributed by atoms with E-state index in [0.29, 0.717) is 18.3 Å². The molecule has 2 atom stereocenters. The lowest BCUT2D eigenvalue weighted by Crippen LogP contribution is -2.17. The van der Waals surface area contributed by atoms with E-state index in [1.54, 1.807) is 0 Å². The van der Waals surface area contributed by atoms with Crippen LogP contribution in [0.5, 0.6) is 5.75 Å². The molecule has 3 rings (SSSR count). The Morgan fingerprint density at radius 2 is 1.75 bits per heavy atom. The molecule has 0 aromatic heterocycles. The largest absolute Gasteiger partial charge is 0.573 e. The van der Waals surface area contributed by atoms with Crippen LogP contribution >= 0.6 is 0 Å². The molecule has 2 unspecified atom stereocenters. The molecule has 0 N–H and O–H groups in total. The highest BCUT2D eigenvalue weighted by Gasteiger charge is 2.55. The molecular formula is C15H15F3O2. The van der Waals surface area contributed by atoms with Crippen molar-refractivity contribution in [3.05, 3.63) is 29.8 Å². The van der Waals surface area contributed by atoms with Crippen LogP contribution in [0.15, 0.2) is 24.3 Å². The summed E-state index contributed by atoms with van der Waals surface area (Å²) in [7, 11) is 0. The maximum Gasteiger partial charge on any atom is 0.573 e. The fourth-order valence-electron chi connectivity index (χ4n) is 3.43. The van der Waals surface area contributed by atoms with Crippen LogP contribution in [-0.2, 0) is 11.2 Å². The molecule has 2 aliphatic rings. The quantitative estimate of drug-likeness (QED) is 0.842. The highest BCUT2D eigenvalue weighted by Crippen LogP contribution is 2.58. The van der Waals surface area contributed by atoms with E-state index in [9.17, 15) is 18.0 Å². The molecule has 0 saturated heterocycles. The van der Waals surface area contributed by atoms with Crippen molar-refractivity contribution >= 4 is 5.78 Å². The number of hydrogen-bond acceptors (Lipinski definition) is 2. The van der Waals surface area contributed by atoms with Gasteiger partial charge in [-0.2, -0.15) is 0 Å². The maximum absolute atomic E-state index is 12.1. The van der Waals surface area contributed by atoms with Crippen molar-refractivity contribution in [2.75, 3.05) is 0 Å². The predicted molar refractivity (Wildman–Crippen MR) is 66.2 cm³/mol. The first-order chi connectivity index (χ1) is 9.44. The molecule has 2 fully saturated rings. The Balaban J connectivity index is 1.57. The first kappa shape index (κ1) is 13.5. The van der Waals surface area contributed by atoms with Gasteiger partial charge >= 0.3 is 6.36 Å². The third-order valence-corrected chi connectivity index (χ3v) is 4.31. The van der Waals surface area contributed by atoms with Crippen molar-refractivity contribution in [2.24, 2.45) is 17.8 Å². The van der Waals surface area contributed by atoms with Crippen LogP contribution < -0.4 is 4.74 Å². The number of ether oxygens (including phenoxy) is 1. The molecule has 1 aromatic rings. The summed E-state index contributed by atoms with van der Waals surface area (Å²) in [6.45, 7) is 0. The summed E-state index contributed by atoms with van der Waals surface area (Å²) < 4.78 is 39.9. The lowest BCUT2D eigenvalue weighted by molar-refractivity contribution is -0.274. The van der Waals surface area contributed by atoms with Crippen LogP contribution in [0.3, 0.4) is 0 Å². The van der Waals surface area contributed by atoms with Crippen LogP contribution in [0.1, 0.15) is 24.8 Å². The number of Topliss-reactive ketones (excluding diaryl/α,β-unsaturated/α-hetero) is 1. The van der Waals surface area contributed by atoms with Crippen molar-refractivity contribution in [1.82, 2.24) is 0 Å². The molecule has 0 bridgehead atoms. The minimum atomic E-state index is -4.68. The van der Waals surface area contributed by atoms with Gasteiger partial charge in [-0.3, -0.25) is 4.79 Å². The Morgan fingerprint density at radius 1 is 1.15 bits per heavy atom. The topological polar surface area (TPSA) is 26.3 Å². The van der Waals surface area contributed by atoms with Crippen molar-refractivity contribution in [2.45, 2.75) is 32.0 Å². The highest BCUT2D eigenvalue weighted by atomic mass is 19.4. The van der Waals surface area contributed by atoms with Gasteiger partial charge in [-0.05, 0) is 42.4 Å². The zero-order valence-electron chi connectivity index (χ0n) is 10.8. The van der Waals surface area contributed by atoms with Gasteiger partial charge in [0.2, 0.25) is 0 Å². The minimum Gasteiger partial charge on any atom is -0.406 e. The van der Waals surface area contributed by atoms with Crippen molar-refractivity contribution < 1.29 is 22.7 Å². The van der Waals surface area contributed by atoms with Gasteiger partial charge in [0.1, 0.15) is 11.5 Å². The molecule has 1 aromatic carbocycles. The molecule has 108 valence electrons. The molecule has 0 heterocycles. The molecular weight excluding hydrogens is 269 g/mol. The standard InChI is InChI=1S/C15H15F3O2/c16-15(17,18)20-10-6-4-9(5-7-10)8-13(19)14-11-2-1-3-12(11)14/h4-7,11-12,14H,1-3,8H2. The predicted octanol–water partition coefficient (Wildman–Crippen LogP) is 3.74. The number of carbonyl (C=O) groups excluding carboxylic acids is 1. The number of benzene rings is 1. The Hall–Kier alpha value is -1.52. The summed E-state index contributed by atoms with van der Waals surface area (Å²) in [6.07, 6.45) is -0.839. The second-order valence-electron chi connectivity index (χ2n) is 5.62. The third kappa shape index (κ3) is 2.81. The van der Waals surface area contributed by atoms with Gasteiger partial charge in [0.25, 0.3) is 0 Å². The van der Waals surface area contributed by atoms with Gasteiger partial charge in [-0.15, -0.1) is 13.2 Å². The van der Waals surface area contributed by atoms with Gasteiger partial charge in [0, 0.05) is 12.3 Å². The molecule has 2 aliphatic carbocycles. The summed E-state index contributed by atoms with van der Waals surface area (Å²) in [5, 5.41) is 0. The number of ketones is 1. The molecule has 2 saturated carbocycles. The van der Waals surface area contributed by atoms with E-state index in [-0.39, 0.29) is 17.5 Å². The number of fused-ring (bicyclic) bond motifs is 1. The molecule has 0 amide bonds. The lowest BCUT2D eigenvalue weighted by atomic mass is 10.0. The smallest absolute Gasteiger partial charge is 0.406 e. The van der Waals surface area contributed by atoms with Gasteiger partial charge in [-0.25, -0.2) is 0 Å². The van der Waals surface area contributed by atoms with Crippen molar-refractivity contribution in [3.63, 3.8) is 0 Å². The number of halogens is 3. The first-order valence-corrected chi connectivity index (χ1v) is 6.81. The number of carbonyl (C=O) groups is 1. The molecule has 20 heavy (non-hydrogen) atoms. The van der Waals surface area contributed by atoms with E-state index in [0.717, 1.165) is 18.4 Å². The number of rotatable bonds is 4. The summed E-state index contributed by atoms with van der Waals surface area (Å²) in [5.74, 6) is 1.33. The highest BCUT2D eigenvalue weighted by molar-refractivity contribution is 5.86. The summed E-state index contributed by atoms with van der Waals surface area (Å²) in [6, 6.07) is 5.56. The Bertz CT molecular complexity index is 497. The average molecular weight is 284 g/mol. The fraction of sp³-hybridized carbons (Fsp3) is 0.533. The summed E-state index contributed by atoms with van der Waals surface area (Å²) >= 11 is 0. The number of alkyl halides is 3. The van der Waals surface area contributed by atoms with E-state index >= 15 is 0 Å². The molecule has 0 aliphatic heterocycles. The van der Waals surface area contributed by atoms with Crippen LogP contribution in [0.2, 0.25) is 0 Å². The van der Waals surface area contributed by atoms with E-state index in [1.165, 1.54) is 30.7 Å². The Kier molecular flexibility index (Phi) is 3.22. The normalized spacial score (nSPS) is 28.1. The average Bonchev–Trinajstić information content (AvgIpc) is 2.84. The van der Waals surface area contributed by atoms with Gasteiger partial charge in [-0.1, -0.05) is 18.6 Å². The van der Waals surface area contributed by atoms with Gasteiger partial charge in [0.15, 0.2) is 0 Å². The molecule has 0 radical (unpaired) electrons. The Morgan fingerprint density at radius 3 is 2.30 bits per heavy atom. The number of hydrogen-bond donors (Lipinski definition) is 0. The molecule has 5 heteroatoms.